The van der Waals surface area contributed by atoms with Crippen LogP contribution in [0.5, 0.6) is 0 Å². The quantitative estimate of drug-likeness (QED) is 0.637. The van der Waals surface area contributed by atoms with Crippen molar-refractivity contribution < 1.29 is 27.0 Å². The van der Waals surface area contributed by atoms with Gasteiger partial charge in [0.05, 0.1) is 22.3 Å². The number of carbonyl (C=O) groups excluding carboxylic acids is 2. The van der Waals surface area contributed by atoms with Crippen LogP contribution < -0.4 is 0 Å². The second kappa shape index (κ2) is 7.53. The van der Waals surface area contributed by atoms with E-state index >= 15 is 0 Å². The topological polar surface area (TPSA) is 97.8 Å². The fourth-order valence-corrected chi connectivity index (χ4v) is 6.19. The predicted molar refractivity (Wildman–Crippen MR) is 104 cm³/mol. The predicted octanol–water partition coefficient (Wildman–Crippen LogP) is 1.28. The van der Waals surface area contributed by atoms with Crippen molar-refractivity contribution in [2.75, 3.05) is 18.1 Å². The number of ketones is 1. The van der Waals surface area contributed by atoms with E-state index in [9.17, 15) is 22.2 Å². The molecule has 2 heterocycles. The van der Waals surface area contributed by atoms with Crippen molar-refractivity contribution in [2.45, 2.75) is 37.1 Å². The van der Waals surface area contributed by atoms with Crippen LogP contribution in [0.25, 0.3) is 0 Å². The summed E-state index contributed by atoms with van der Waals surface area (Å²) in [5.74, 6) is -0.958. The minimum Gasteiger partial charge on any atom is -0.357 e. The highest BCUT2D eigenvalue weighted by molar-refractivity contribution is 7.92. The van der Waals surface area contributed by atoms with E-state index < -0.39 is 43.4 Å². The van der Waals surface area contributed by atoms with Gasteiger partial charge >= 0.3 is 0 Å². The maximum atomic E-state index is 12.7. The van der Waals surface area contributed by atoms with Crippen molar-refractivity contribution in [2.24, 2.45) is 5.41 Å². The average Bonchev–Trinajstić information content (AvgIpc) is 2.61. The second-order valence-electron chi connectivity index (χ2n) is 7.94. The van der Waals surface area contributed by atoms with Crippen LogP contribution in [-0.4, -0.2) is 58.8 Å². The monoisotopic (exact) mass is 425 g/mol. The molecule has 0 aliphatic carbocycles. The van der Waals surface area contributed by atoms with E-state index in [1.165, 1.54) is 6.20 Å². The summed E-state index contributed by atoms with van der Waals surface area (Å²) in [5.41, 5.74) is -0.219. The highest BCUT2D eigenvalue weighted by atomic mass is 32.2. The Balaban J connectivity index is 1.71. The van der Waals surface area contributed by atoms with E-state index in [-0.39, 0.29) is 23.9 Å². The largest absolute Gasteiger partial charge is 0.357 e. The Morgan fingerprint density at radius 1 is 1.25 bits per heavy atom. The molecule has 0 spiro atoms. The zero-order valence-corrected chi connectivity index (χ0v) is 17.6. The van der Waals surface area contributed by atoms with Gasteiger partial charge in [0.25, 0.3) is 5.91 Å². The molecule has 1 aromatic carbocycles. The summed E-state index contributed by atoms with van der Waals surface area (Å²) < 4.78 is 43.2. The normalized spacial score (nSPS) is 24.8. The lowest BCUT2D eigenvalue weighted by molar-refractivity contribution is -0.163. The number of sulfone groups is 1. The molecule has 1 amide bonds. The van der Waals surface area contributed by atoms with E-state index in [2.05, 4.69) is 0 Å². The van der Waals surface area contributed by atoms with Gasteiger partial charge in [-0.15, -0.1) is 0 Å². The van der Waals surface area contributed by atoms with Crippen molar-refractivity contribution in [3.05, 3.63) is 42.1 Å². The molecule has 2 aliphatic rings. The molecule has 2 aliphatic heterocycles. The average molecular weight is 426 g/mol. The molecule has 28 heavy (non-hydrogen) atoms. The molecule has 1 fully saturated rings. The molecule has 7 nitrogen and oxygen atoms in total. The molecule has 0 aromatic heterocycles. The molecule has 0 radical (unpaired) electrons. The SMILES string of the molecule is CC(C)(C)C(=O)CO[C@H]1C(=O)N2C=C(CS(=O)c3ccccc3)CS(=O)(=O)[C@@H]12. The number of amides is 1. The molecule has 1 unspecified atom stereocenters. The molecule has 3 atom stereocenters. The maximum Gasteiger partial charge on any atom is 0.260 e. The number of ether oxygens (including phenoxy) is 1. The third-order valence-electron chi connectivity index (χ3n) is 4.66. The van der Waals surface area contributed by atoms with Gasteiger partial charge in [-0.3, -0.25) is 18.7 Å². The molecule has 0 saturated carbocycles. The first-order chi connectivity index (χ1) is 13.0. The minimum absolute atomic E-state index is 0.0355. The Kier molecular flexibility index (Phi) is 5.62. The summed E-state index contributed by atoms with van der Waals surface area (Å²) in [6, 6.07) is 8.74. The fourth-order valence-electron chi connectivity index (χ4n) is 2.97. The molecule has 3 rings (SSSR count). The van der Waals surface area contributed by atoms with Crippen molar-refractivity contribution in [3.63, 3.8) is 0 Å². The first kappa shape index (κ1) is 20.9. The number of fused-ring (bicyclic) bond motifs is 1. The van der Waals surface area contributed by atoms with E-state index in [1.807, 2.05) is 0 Å². The molecule has 0 N–H and O–H groups in total. The fraction of sp³-hybridized carbons (Fsp3) is 0.474. The van der Waals surface area contributed by atoms with Crippen LogP contribution in [0, 0.1) is 5.41 Å². The first-order valence-corrected chi connectivity index (χ1v) is 11.9. The maximum absolute atomic E-state index is 12.7. The van der Waals surface area contributed by atoms with Crippen LogP contribution in [0.1, 0.15) is 20.8 Å². The number of hydrogen-bond donors (Lipinski definition) is 0. The zero-order chi connectivity index (χ0) is 20.7. The highest BCUT2D eigenvalue weighted by Crippen LogP contribution is 2.34. The lowest BCUT2D eigenvalue weighted by atomic mass is 9.91. The van der Waals surface area contributed by atoms with Crippen LogP contribution in [0.15, 0.2) is 47.0 Å². The lowest BCUT2D eigenvalue weighted by Crippen LogP contribution is -2.68. The first-order valence-electron chi connectivity index (χ1n) is 8.82. The van der Waals surface area contributed by atoms with Crippen LogP contribution in [0.3, 0.4) is 0 Å². The molecule has 0 bridgehead atoms. The number of rotatable bonds is 6. The van der Waals surface area contributed by atoms with Crippen molar-refractivity contribution in [3.8, 4) is 0 Å². The van der Waals surface area contributed by atoms with Gasteiger partial charge in [0.2, 0.25) is 0 Å². The number of Topliss-reactive ketones (excluding diaryl/α,β-unsaturated/α-hetero) is 1. The van der Waals surface area contributed by atoms with E-state index in [0.29, 0.717) is 10.5 Å². The highest BCUT2D eigenvalue weighted by Gasteiger charge is 2.57. The number of benzene rings is 1. The van der Waals surface area contributed by atoms with Crippen LogP contribution in [0.2, 0.25) is 0 Å². The van der Waals surface area contributed by atoms with Crippen LogP contribution in [-0.2, 0) is 35.0 Å². The van der Waals surface area contributed by atoms with Gasteiger partial charge in [-0.1, -0.05) is 39.0 Å². The van der Waals surface area contributed by atoms with E-state index in [4.69, 9.17) is 4.74 Å². The van der Waals surface area contributed by atoms with E-state index in [1.54, 1.807) is 51.1 Å². The number of β-lactam (4-membered cyclic amide) rings is 1. The van der Waals surface area contributed by atoms with Gasteiger partial charge in [0, 0.05) is 16.5 Å². The summed E-state index contributed by atoms with van der Waals surface area (Å²) >= 11 is 0. The third-order valence-corrected chi connectivity index (χ3v) is 8.07. The van der Waals surface area contributed by atoms with Crippen LogP contribution in [0.4, 0.5) is 0 Å². The Morgan fingerprint density at radius 3 is 2.50 bits per heavy atom. The lowest BCUT2D eigenvalue weighted by Gasteiger charge is -2.46. The van der Waals surface area contributed by atoms with E-state index in [0.717, 1.165) is 4.90 Å². The third kappa shape index (κ3) is 4.11. The van der Waals surface area contributed by atoms with Gasteiger partial charge < -0.3 is 4.74 Å². The van der Waals surface area contributed by atoms with Gasteiger partial charge in [-0.2, -0.15) is 0 Å². The van der Waals surface area contributed by atoms with Crippen molar-refractivity contribution in [1.29, 1.82) is 0 Å². The van der Waals surface area contributed by atoms with Gasteiger partial charge in [-0.05, 0) is 17.7 Å². The Bertz CT molecular complexity index is 946. The smallest absolute Gasteiger partial charge is 0.260 e. The zero-order valence-electron chi connectivity index (χ0n) is 16.0. The Labute approximate surface area is 167 Å². The molecule has 1 saturated heterocycles. The summed E-state index contributed by atoms with van der Waals surface area (Å²) in [7, 11) is -5.10. The molecule has 9 heteroatoms. The summed E-state index contributed by atoms with van der Waals surface area (Å²) in [6.07, 6.45) is 0.286. The Morgan fingerprint density at radius 2 is 1.89 bits per heavy atom. The molecular weight excluding hydrogens is 402 g/mol. The minimum atomic E-state index is -3.70. The van der Waals surface area contributed by atoms with Gasteiger partial charge in [-0.25, -0.2) is 8.42 Å². The van der Waals surface area contributed by atoms with Crippen molar-refractivity contribution >= 4 is 32.3 Å². The Hall–Kier alpha value is -1.84. The number of carbonyl (C=O) groups is 2. The van der Waals surface area contributed by atoms with Gasteiger partial charge in [0.15, 0.2) is 27.1 Å². The van der Waals surface area contributed by atoms with Crippen molar-refractivity contribution in [1.82, 2.24) is 4.90 Å². The van der Waals surface area contributed by atoms with Gasteiger partial charge in [0.1, 0.15) is 6.61 Å². The second-order valence-corrected chi connectivity index (χ2v) is 11.5. The summed E-state index contributed by atoms with van der Waals surface area (Å²) in [5, 5.41) is -1.12. The standard InChI is InChI=1S/C19H23NO6S2/c1-19(2,3)15(21)10-26-16-17(22)20-9-13(12-28(24,25)18(16)20)11-27(23)14-7-5-4-6-8-14/h4-9,16,18H,10-12H2,1-3H3/t16-,18-,27?/m0/s1. The molecule has 152 valence electrons. The van der Waals surface area contributed by atoms with Crippen LogP contribution >= 0.6 is 0 Å². The molecular formula is C19H23NO6S2. The number of nitrogens with zero attached hydrogens (tertiary/aromatic N) is 1. The summed E-state index contributed by atoms with van der Waals surface area (Å²) in [4.78, 5) is 26.1. The summed E-state index contributed by atoms with van der Waals surface area (Å²) in [6.45, 7) is 4.88. The molecule has 1 aromatic rings. The number of hydrogen-bond acceptors (Lipinski definition) is 6.